The minimum absolute atomic E-state index is 0.200. The summed E-state index contributed by atoms with van der Waals surface area (Å²) in [7, 11) is 1.72. The lowest BCUT2D eigenvalue weighted by molar-refractivity contribution is 0.197. The fraction of sp³-hybridized carbons (Fsp3) is 0.538. The zero-order valence-corrected chi connectivity index (χ0v) is 12.4. The maximum Gasteiger partial charge on any atom is 0.203 e. The maximum atomic E-state index is 5.04. The number of hydrogen-bond acceptors (Lipinski definition) is 5. The van der Waals surface area contributed by atoms with Crippen LogP contribution in [0, 0.1) is 6.92 Å². The second-order valence-corrected chi connectivity index (χ2v) is 5.32. The molecule has 0 spiro atoms. The molecule has 2 aromatic rings. The fourth-order valence-electron chi connectivity index (χ4n) is 1.86. The molecule has 2 rings (SSSR count). The zero-order valence-electron chi connectivity index (χ0n) is 11.6. The van der Waals surface area contributed by atoms with E-state index >= 15 is 0 Å². The number of aryl methyl sites for hydroxylation is 1. The molecule has 0 amide bonds. The molecule has 0 saturated carbocycles. The van der Waals surface area contributed by atoms with Crippen molar-refractivity contribution in [3.63, 3.8) is 0 Å². The Kier molecular flexibility index (Phi) is 4.93. The van der Waals surface area contributed by atoms with Gasteiger partial charge in [0.25, 0.3) is 0 Å². The number of aromatic nitrogens is 3. The van der Waals surface area contributed by atoms with Gasteiger partial charge in [0.05, 0.1) is 6.04 Å². The highest BCUT2D eigenvalue weighted by Crippen LogP contribution is 2.24. The minimum Gasteiger partial charge on any atom is -0.385 e. The first kappa shape index (κ1) is 14.0. The predicted octanol–water partition coefficient (Wildman–Crippen LogP) is 2.71. The Morgan fingerprint density at radius 1 is 1.53 bits per heavy atom. The van der Waals surface area contributed by atoms with E-state index in [9.17, 15) is 0 Å². The monoisotopic (exact) mass is 280 g/mol. The second-order valence-electron chi connectivity index (χ2n) is 4.43. The molecule has 0 bridgehead atoms. The SMILES string of the molecule is COCCCNc1nccn1C(C)c1nc(C)cs1. The summed E-state index contributed by atoms with van der Waals surface area (Å²) in [6.45, 7) is 5.77. The average Bonchev–Trinajstić information content (AvgIpc) is 3.03. The lowest BCUT2D eigenvalue weighted by Gasteiger charge is -2.14. The molecule has 5 nitrogen and oxygen atoms in total. The van der Waals surface area contributed by atoms with E-state index in [1.807, 2.05) is 19.3 Å². The van der Waals surface area contributed by atoms with Gasteiger partial charge < -0.3 is 14.6 Å². The summed E-state index contributed by atoms with van der Waals surface area (Å²) in [6.07, 6.45) is 4.77. The van der Waals surface area contributed by atoms with Crippen LogP contribution < -0.4 is 5.32 Å². The van der Waals surface area contributed by atoms with Gasteiger partial charge in [0.2, 0.25) is 5.95 Å². The standard InChI is InChI=1S/C13H20N4OS/c1-10-9-19-12(16-10)11(2)17-7-6-15-13(17)14-5-4-8-18-3/h6-7,9,11H,4-5,8H2,1-3H3,(H,14,15). The van der Waals surface area contributed by atoms with E-state index in [1.165, 1.54) is 0 Å². The van der Waals surface area contributed by atoms with Gasteiger partial charge in [0, 0.05) is 43.7 Å². The Morgan fingerprint density at radius 2 is 2.37 bits per heavy atom. The number of nitrogens with one attached hydrogen (secondary N) is 1. The number of imidazole rings is 1. The highest BCUT2D eigenvalue weighted by atomic mass is 32.1. The number of rotatable bonds is 7. The first-order valence-electron chi connectivity index (χ1n) is 6.40. The van der Waals surface area contributed by atoms with Crippen LogP contribution in [0.2, 0.25) is 0 Å². The molecule has 0 aliphatic carbocycles. The average molecular weight is 280 g/mol. The molecule has 1 N–H and O–H groups in total. The van der Waals surface area contributed by atoms with E-state index in [0.29, 0.717) is 0 Å². The summed E-state index contributed by atoms with van der Waals surface area (Å²) in [5.74, 6) is 0.886. The molecule has 1 atom stereocenters. The van der Waals surface area contributed by atoms with E-state index in [1.54, 1.807) is 18.4 Å². The summed E-state index contributed by atoms with van der Waals surface area (Å²) in [5.41, 5.74) is 1.07. The third-order valence-corrected chi connectivity index (χ3v) is 4.02. The summed E-state index contributed by atoms with van der Waals surface area (Å²) < 4.78 is 7.15. The maximum absolute atomic E-state index is 5.04. The third-order valence-electron chi connectivity index (χ3n) is 2.89. The zero-order chi connectivity index (χ0) is 13.7. The smallest absolute Gasteiger partial charge is 0.203 e. The lowest BCUT2D eigenvalue weighted by atomic mass is 10.3. The molecular formula is C13H20N4OS. The highest BCUT2D eigenvalue weighted by molar-refractivity contribution is 7.09. The molecule has 0 saturated heterocycles. The van der Waals surface area contributed by atoms with Crippen molar-refractivity contribution in [2.45, 2.75) is 26.3 Å². The van der Waals surface area contributed by atoms with E-state index in [2.05, 4.69) is 32.2 Å². The molecule has 104 valence electrons. The summed E-state index contributed by atoms with van der Waals surface area (Å²) in [5, 5.41) is 6.52. The highest BCUT2D eigenvalue weighted by Gasteiger charge is 2.14. The van der Waals surface area contributed by atoms with Crippen molar-refractivity contribution in [2.75, 3.05) is 25.6 Å². The van der Waals surface area contributed by atoms with Crippen LogP contribution >= 0.6 is 11.3 Å². The van der Waals surface area contributed by atoms with Crippen LogP contribution in [0.5, 0.6) is 0 Å². The summed E-state index contributed by atoms with van der Waals surface area (Å²) in [4.78, 5) is 8.89. The molecular weight excluding hydrogens is 260 g/mol. The molecule has 6 heteroatoms. The topological polar surface area (TPSA) is 52.0 Å². The number of methoxy groups -OCH3 is 1. The molecule has 2 heterocycles. The first-order chi connectivity index (χ1) is 9.22. The van der Waals surface area contributed by atoms with Crippen LogP contribution in [0.3, 0.4) is 0 Å². The number of ether oxygens (including phenoxy) is 1. The molecule has 0 aliphatic rings. The van der Waals surface area contributed by atoms with E-state index in [4.69, 9.17) is 4.74 Å². The largest absolute Gasteiger partial charge is 0.385 e. The third kappa shape index (κ3) is 3.54. The Labute approximate surface area is 117 Å². The molecule has 19 heavy (non-hydrogen) atoms. The lowest BCUT2D eigenvalue weighted by Crippen LogP contribution is -2.13. The van der Waals surface area contributed by atoms with Crippen LogP contribution in [0.15, 0.2) is 17.8 Å². The van der Waals surface area contributed by atoms with Crippen molar-refractivity contribution in [1.29, 1.82) is 0 Å². The fourth-order valence-corrected chi connectivity index (χ4v) is 2.71. The summed E-state index contributed by atoms with van der Waals surface area (Å²) in [6, 6.07) is 0.200. The van der Waals surface area contributed by atoms with Crippen LogP contribution in [0.4, 0.5) is 5.95 Å². The Morgan fingerprint density at radius 3 is 3.05 bits per heavy atom. The Hall–Kier alpha value is -1.40. The van der Waals surface area contributed by atoms with Crippen molar-refractivity contribution >= 4 is 17.3 Å². The molecule has 0 radical (unpaired) electrons. The van der Waals surface area contributed by atoms with Gasteiger partial charge in [-0.25, -0.2) is 9.97 Å². The molecule has 1 unspecified atom stereocenters. The van der Waals surface area contributed by atoms with E-state index in [-0.39, 0.29) is 6.04 Å². The van der Waals surface area contributed by atoms with E-state index in [0.717, 1.165) is 36.2 Å². The normalized spacial score (nSPS) is 12.6. The Bertz CT molecular complexity index is 508. The predicted molar refractivity (Wildman–Crippen MR) is 77.9 cm³/mol. The van der Waals surface area contributed by atoms with Gasteiger partial charge in [0.15, 0.2) is 0 Å². The van der Waals surface area contributed by atoms with Gasteiger partial charge in [-0.2, -0.15) is 0 Å². The van der Waals surface area contributed by atoms with Gasteiger partial charge in [0.1, 0.15) is 5.01 Å². The molecule has 0 fully saturated rings. The molecule has 0 aromatic carbocycles. The van der Waals surface area contributed by atoms with Gasteiger partial charge in [-0.3, -0.25) is 0 Å². The Balaban J connectivity index is 2.02. The van der Waals surface area contributed by atoms with Crippen molar-refractivity contribution in [3.05, 3.63) is 28.5 Å². The van der Waals surface area contributed by atoms with E-state index < -0.39 is 0 Å². The van der Waals surface area contributed by atoms with Crippen LogP contribution in [-0.2, 0) is 4.74 Å². The summed E-state index contributed by atoms with van der Waals surface area (Å²) >= 11 is 1.69. The number of anilines is 1. The van der Waals surface area contributed by atoms with Crippen LogP contribution in [-0.4, -0.2) is 34.8 Å². The quantitative estimate of drug-likeness (QED) is 0.792. The van der Waals surface area contributed by atoms with Crippen molar-refractivity contribution in [3.8, 4) is 0 Å². The van der Waals surface area contributed by atoms with Gasteiger partial charge in [-0.1, -0.05) is 0 Å². The molecule has 2 aromatic heterocycles. The second kappa shape index (κ2) is 6.68. The van der Waals surface area contributed by atoms with Crippen LogP contribution in [0.25, 0.3) is 0 Å². The molecule has 0 aliphatic heterocycles. The van der Waals surface area contributed by atoms with Crippen molar-refractivity contribution < 1.29 is 4.74 Å². The number of nitrogens with zero attached hydrogens (tertiary/aromatic N) is 3. The number of thiazole rings is 1. The van der Waals surface area contributed by atoms with Crippen molar-refractivity contribution in [2.24, 2.45) is 0 Å². The van der Waals surface area contributed by atoms with Gasteiger partial charge in [-0.15, -0.1) is 11.3 Å². The van der Waals surface area contributed by atoms with Gasteiger partial charge in [-0.05, 0) is 20.3 Å². The van der Waals surface area contributed by atoms with Crippen molar-refractivity contribution in [1.82, 2.24) is 14.5 Å². The first-order valence-corrected chi connectivity index (χ1v) is 7.28. The van der Waals surface area contributed by atoms with Gasteiger partial charge >= 0.3 is 0 Å². The van der Waals surface area contributed by atoms with Crippen LogP contribution in [0.1, 0.15) is 30.1 Å². The number of hydrogen-bond donors (Lipinski definition) is 1. The minimum atomic E-state index is 0.200.